The molecular weight excluding hydrogens is 246 g/mol. The largest absolute Gasteiger partial charge is 0.338 e. The number of aromatic nitrogens is 1. The number of carbonyl (C=O) groups excluding carboxylic acids is 1. The number of nitrogens with zero attached hydrogens (tertiary/aromatic N) is 2. The zero-order chi connectivity index (χ0) is 13.0. The second kappa shape index (κ2) is 5.27. The van der Waals surface area contributed by atoms with E-state index in [0.717, 1.165) is 0 Å². The van der Waals surface area contributed by atoms with E-state index >= 15 is 0 Å². The molecule has 0 aliphatic heterocycles. The lowest BCUT2D eigenvalue weighted by Crippen LogP contribution is -2.31. The predicted octanol–water partition coefficient (Wildman–Crippen LogP) is 1.39. The number of rotatable bonds is 3. The lowest BCUT2D eigenvalue weighted by atomic mass is 10.2. The van der Waals surface area contributed by atoms with Crippen LogP contribution in [-0.4, -0.2) is 21.9 Å². The van der Waals surface area contributed by atoms with Crippen LogP contribution in [0.4, 0.5) is 5.69 Å². The van der Waals surface area contributed by atoms with Crippen LogP contribution in [0.5, 0.6) is 0 Å². The van der Waals surface area contributed by atoms with Crippen molar-refractivity contribution in [2.24, 2.45) is 0 Å². The molecule has 0 spiro atoms. The first-order valence-corrected chi connectivity index (χ1v) is 4.91. The fourth-order valence-electron chi connectivity index (χ4n) is 1.10. The summed E-state index contributed by atoms with van der Waals surface area (Å²) in [6, 6.07) is 0.678. The molecule has 1 amide bonds. The van der Waals surface area contributed by atoms with E-state index in [-0.39, 0.29) is 10.7 Å². The number of terminal acetylenes is 1. The number of hydrogen-bond donors (Lipinski definition) is 1. The fourth-order valence-corrected chi connectivity index (χ4v) is 1.33. The zero-order valence-electron chi connectivity index (χ0n) is 8.81. The normalized spacial score (nSPS) is 11.4. The SMILES string of the molecule is C#CC(C)NC(=O)c1ccnc(Cl)c1[N+](=O)[O-]. The Morgan fingerprint density at radius 1 is 1.76 bits per heavy atom. The lowest BCUT2D eigenvalue weighted by molar-refractivity contribution is -0.385. The van der Waals surface area contributed by atoms with E-state index in [1.54, 1.807) is 6.92 Å². The molecule has 1 unspecified atom stereocenters. The van der Waals surface area contributed by atoms with Crippen molar-refractivity contribution in [1.29, 1.82) is 0 Å². The van der Waals surface area contributed by atoms with E-state index in [2.05, 4.69) is 16.2 Å². The van der Waals surface area contributed by atoms with Gasteiger partial charge in [-0.3, -0.25) is 14.9 Å². The third kappa shape index (κ3) is 2.92. The van der Waals surface area contributed by atoms with Crippen LogP contribution in [0.15, 0.2) is 12.3 Å². The van der Waals surface area contributed by atoms with Gasteiger partial charge in [-0.15, -0.1) is 6.42 Å². The van der Waals surface area contributed by atoms with Crippen molar-refractivity contribution in [1.82, 2.24) is 10.3 Å². The zero-order valence-corrected chi connectivity index (χ0v) is 9.56. The lowest BCUT2D eigenvalue weighted by Gasteiger charge is -2.08. The Morgan fingerprint density at radius 2 is 2.41 bits per heavy atom. The number of amides is 1. The molecule has 88 valence electrons. The molecule has 6 nitrogen and oxygen atoms in total. The molecular formula is C10H8ClN3O3. The van der Waals surface area contributed by atoms with E-state index in [1.807, 2.05) is 0 Å². The van der Waals surface area contributed by atoms with Crippen LogP contribution >= 0.6 is 11.6 Å². The van der Waals surface area contributed by atoms with Crippen LogP contribution in [0.2, 0.25) is 5.15 Å². The summed E-state index contributed by atoms with van der Waals surface area (Å²) in [5, 5.41) is 12.8. The van der Waals surface area contributed by atoms with Crippen LogP contribution in [0.3, 0.4) is 0 Å². The molecule has 7 heteroatoms. The smallest absolute Gasteiger partial charge is 0.319 e. The quantitative estimate of drug-likeness (QED) is 0.382. The summed E-state index contributed by atoms with van der Waals surface area (Å²) in [5.41, 5.74) is -0.701. The van der Waals surface area contributed by atoms with E-state index in [1.165, 1.54) is 12.3 Å². The number of nitrogens with one attached hydrogen (secondary N) is 1. The molecule has 0 aliphatic rings. The summed E-state index contributed by atoms with van der Waals surface area (Å²) < 4.78 is 0. The van der Waals surface area contributed by atoms with Crippen LogP contribution in [-0.2, 0) is 0 Å². The standard InChI is InChI=1S/C10H8ClN3O3/c1-3-6(2)13-10(15)7-4-5-12-9(11)8(7)14(16)17/h1,4-6H,2H3,(H,13,15). The second-order valence-corrected chi connectivity index (χ2v) is 3.47. The third-order valence-electron chi connectivity index (χ3n) is 1.90. The molecule has 0 aliphatic carbocycles. The van der Waals surface area contributed by atoms with Gasteiger partial charge < -0.3 is 5.32 Å². The number of halogens is 1. The number of carbonyl (C=O) groups is 1. The van der Waals surface area contributed by atoms with E-state index < -0.39 is 22.6 Å². The first-order valence-electron chi connectivity index (χ1n) is 4.53. The molecule has 17 heavy (non-hydrogen) atoms. The predicted molar refractivity (Wildman–Crippen MR) is 61.7 cm³/mol. The molecule has 1 aromatic heterocycles. The van der Waals surface area contributed by atoms with Crippen molar-refractivity contribution >= 4 is 23.2 Å². The Bertz CT molecular complexity index is 510. The first-order chi connectivity index (χ1) is 7.97. The summed E-state index contributed by atoms with van der Waals surface area (Å²) in [4.78, 5) is 25.2. The van der Waals surface area contributed by atoms with Gasteiger partial charge in [0, 0.05) is 6.20 Å². The van der Waals surface area contributed by atoms with E-state index in [4.69, 9.17) is 18.0 Å². The maximum atomic E-state index is 11.7. The molecule has 0 aromatic carbocycles. The van der Waals surface area contributed by atoms with Gasteiger partial charge in [-0.2, -0.15) is 0 Å². The maximum Gasteiger partial charge on any atom is 0.319 e. The van der Waals surface area contributed by atoms with Gasteiger partial charge in [0.15, 0.2) is 0 Å². The summed E-state index contributed by atoms with van der Waals surface area (Å²) >= 11 is 5.57. The van der Waals surface area contributed by atoms with Gasteiger partial charge in [0.05, 0.1) is 11.0 Å². The van der Waals surface area contributed by atoms with Gasteiger partial charge >= 0.3 is 5.69 Å². The average molecular weight is 254 g/mol. The average Bonchev–Trinajstić information content (AvgIpc) is 2.27. The molecule has 0 fully saturated rings. The van der Waals surface area contributed by atoms with E-state index in [9.17, 15) is 14.9 Å². The molecule has 1 N–H and O–H groups in total. The topological polar surface area (TPSA) is 85.1 Å². The highest BCUT2D eigenvalue weighted by Crippen LogP contribution is 2.25. The van der Waals surface area contributed by atoms with Crippen molar-refractivity contribution in [2.45, 2.75) is 13.0 Å². The number of pyridine rings is 1. The summed E-state index contributed by atoms with van der Waals surface area (Å²) in [6.45, 7) is 1.58. The molecule has 0 saturated carbocycles. The monoisotopic (exact) mass is 253 g/mol. The Balaban J connectivity index is 3.15. The molecule has 1 atom stereocenters. The first kappa shape index (κ1) is 12.9. The fraction of sp³-hybridized carbons (Fsp3) is 0.200. The van der Waals surface area contributed by atoms with Gasteiger partial charge in [0.1, 0.15) is 5.56 Å². The molecule has 1 heterocycles. The highest BCUT2D eigenvalue weighted by molar-refractivity contribution is 6.32. The molecule has 1 aromatic rings. The van der Waals surface area contributed by atoms with Gasteiger partial charge in [-0.25, -0.2) is 4.98 Å². The molecule has 0 radical (unpaired) electrons. The highest BCUT2D eigenvalue weighted by atomic mass is 35.5. The maximum absolute atomic E-state index is 11.7. The van der Waals surface area contributed by atoms with Gasteiger partial charge in [0.25, 0.3) is 5.91 Å². The second-order valence-electron chi connectivity index (χ2n) is 3.12. The molecule has 0 saturated heterocycles. The Kier molecular flexibility index (Phi) is 4.01. The van der Waals surface area contributed by atoms with Gasteiger partial charge in [0.2, 0.25) is 5.15 Å². The molecule has 1 rings (SSSR count). The minimum Gasteiger partial charge on any atom is -0.338 e. The van der Waals surface area contributed by atoms with Crippen molar-refractivity contribution in [3.05, 3.63) is 33.1 Å². The third-order valence-corrected chi connectivity index (χ3v) is 2.18. The highest BCUT2D eigenvalue weighted by Gasteiger charge is 2.25. The summed E-state index contributed by atoms with van der Waals surface area (Å²) in [5.74, 6) is 1.62. The molecule has 0 bridgehead atoms. The Labute approximate surface area is 102 Å². The Morgan fingerprint density at radius 3 is 2.94 bits per heavy atom. The Hall–Kier alpha value is -2.13. The van der Waals surface area contributed by atoms with Crippen molar-refractivity contribution in [3.63, 3.8) is 0 Å². The minimum absolute atomic E-state index is 0.169. The summed E-state index contributed by atoms with van der Waals surface area (Å²) in [6.07, 6.45) is 6.30. The van der Waals surface area contributed by atoms with Gasteiger partial charge in [-0.05, 0) is 13.0 Å². The summed E-state index contributed by atoms with van der Waals surface area (Å²) in [7, 11) is 0. The van der Waals surface area contributed by atoms with Gasteiger partial charge in [-0.1, -0.05) is 17.5 Å². The van der Waals surface area contributed by atoms with Crippen LogP contribution in [0.1, 0.15) is 17.3 Å². The number of hydrogen-bond acceptors (Lipinski definition) is 4. The minimum atomic E-state index is -0.759. The van der Waals surface area contributed by atoms with Crippen LogP contribution < -0.4 is 5.32 Å². The van der Waals surface area contributed by atoms with Crippen LogP contribution in [0, 0.1) is 22.5 Å². The van der Waals surface area contributed by atoms with Crippen LogP contribution in [0.25, 0.3) is 0 Å². The number of nitro groups is 1. The van der Waals surface area contributed by atoms with Crippen molar-refractivity contribution in [3.8, 4) is 12.3 Å². The van der Waals surface area contributed by atoms with E-state index in [0.29, 0.717) is 0 Å². The van der Waals surface area contributed by atoms with Crippen molar-refractivity contribution in [2.75, 3.05) is 0 Å². The van der Waals surface area contributed by atoms with Crippen molar-refractivity contribution < 1.29 is 9.72 Å².